The highest BCUT2D eigenvalue weighted by molar-refractivity contribution is 14.1. The predicted octanol–water partition coefficient (Wildman–Crippen LogP) is 0.966. The Hall–Kier alpha value is -1.91. The maximum absolute atomic E-state index is 13.6. The van der Waals surface area contributed by atoms with E-state index < -0.39 is 75.5 Å². The Labute approximate surface area is 193 Å². The molecule has 0 radical (unpaired) electrons. The van der Waals surface area contributed by atoms with Gasteiger partial charge in [0.25, 0.3) is 6.29 Å². The summed E-state index contributed by atoms with van der Waals surface area (Å²) in [5, 5.41) is 4.21. The van der Waals surface area contributed by atoms with E-state index in [1.165, 1.54) is 12.1 Å². The average Bonchev–Trinajstić information content (AvgIpc) is 3.31. The van der Waals surface area contributed by atoms with E-state index in [2.05, 4.69) is 4.74 Å². The van der Waals surface area contributed by atoms with E-state index >= 15 is 0 Å². The van der Waals surface area contributed by atoms with E-state index in [1.54, 1.807) is 12.1 Å². The van der Waals surface area contributed by atoms with Gasteiger partial charge in [0, 0.05) is 15.4 Å². The van der Waals surface area contributed by atoms with Crippen LogP contribution in [0.2, 0.25) is 0 Å². The Morgan fingerprint density at radius 3 is 2.44 bits per heavy atom. The van der Waals surface area contributed by atoms with Crippen LogP contribution >= 0.6 is 22.6 Å². The van der Waals surface area contributed by atoms with Crippen LogP contribution in [0.3, 0.4) is 0 Å². The van der Waals surface area contributed by atoms with Gasteiger partial charge in [-0.3, -0.25) is 14.1 Å². The maximum Gasteiger partial charge on any atom is 0.430 e. The van der Waals surface area contributed by atoms with Gasteiger partial charge in [0.15, 0.2) is 0 Å². The Kier molecular flexibility index (Phi) is 5.70. The lowest BCUT2D eigenvalue weighted by Crippen LogP contribution is -2.48. The molecular weight excluding hydrogens is 573 g/mol. The van der Waals surface area contributed by atoms with E-state index in [9.17, 15) is 36.7 Å². The van der Waals surface area contributed by atoms with Crippen molar-refractivity contribution in [2.24, 2.45) is 23.7 Å². The molecule has 1 aromatic carbocycles. The zero-order chi connectivity index (χ0) is 23.6. The summed E-state index contributed by atoms with van der Waals surface area (Å²) in [6.07, 6.45) is -5.20. The number of alkyl halides is 2. The number of carbonyl (C=O) groups is 3. The van der Waals surface area contributed by atoms with Crippen molar-refractivity contribution in [3.05, 3.63) is 33.4 Å². The maximum atomic E-state index is 13.6. The molecule has 7 unspecified atom stereocenters. The van der Waals surface area contributed by atoms with Crippen molar-refractivity contribution in [2.75, 3.05) is 0 Å². The number of halogens is 3. The summed E-state index contributed by atoms with van der Waals surface area (Å²) in [5.74, 6) is -6.92. The molecule has 0 aromatic heterocycles. The molecule has 0 amide bonds. The fourth-order valence-electron chi connectivity index (χ4n) is 4.63. The van der Waals surface area contributed by atoms with Gasteiger partial charge < -0.3 is 19.3 Å². The van der Waals surface area contributed by atoms with Crippen LogP contribution in [0.5, 0.6) is 0 Å². The van der Waals surface area contributed by atoms with E-state index in [0.29, 0.717) is 0 Å². The van der Waals surface area contributed by atoms with Gasteiger partial charge >= 0.3 is 33.3 Å². The molecule has 1 heterocycles. The monoisotopic (exact) mass is 588 g/mol. The molecule has 1 saturated heterocycles. The highest BCUT2D eigenvalue weighted by atomic mass is 127. The lowest BCUT2D eigenvalue weighted by molar-refractivity contribution is -0.212. The minimum absolute atomic E-state index is 0.191. The number of ether oxygens (including phenoxy) is 3. The van der Waals surface area contributed by atoms with Crippen LogP contribution in [0.25, 0.3) is 0 Å². The molecule has 2 saturated carbocycles. The van der Waals surface area contributed by atoms with Crippen LogP contribution in [-0.4, -0.2) is 59.7 Å². The van der Waals surface area contributed by atoms with Crippen molar-refractivity contribution in [2.45, 2.75) is 30.2 Å². The Balaban J connectivity index is 1.54. The first-order valence-corrected chi connectivity index (χ1v) is 11.7. The van der Waals surface area contributed by atoms with Gasteiger partial charge in [0.05, 0.1) is 17.4 Å². The lowest BCUT2D eigenvalue weighted by atomic mass is 9.78. The summed E-state index contributed by atoms with van der Waals surface area (Å²) in [5.41, 5.74) is 0.205. The molecule has 7 atom stereocenters. The molecule has 10 nitrogen and oxygen atoms in total. The first-order chi connectivity index (χ1) is 14.8. The normalized spacial score (nSPS) is 31.8. The number of aliphatic hydroxyl groups excluding tert-OH is 1. The molecule has 2 bridgehead atoms. The SMILES string of the molecule is O=C(OC1C2CC3C1OC(=O)C3C2C(=O)OC(O)C(F)(F)S(=O)(=O)O)c1ccc(I)cc1. The summed E-state index contributed by atoms with van der Waals surface area (Å²) >= 11 is 2.04. The van der Waals surface area contributed by atoms with Crippen LogP contribution in [0.4, 0.5) is 8.78 Å². The highest BCUT2D eigenvalue weighted by Gasteiger charge is 2.70. The van der Waals surface area contributed by atoms with Crippen molar-refractivity contribution in [1.82, 2.24) is 0 Å². The average molecular weight is 588 g/mol. The first kappa shape index (κ1) is 23.3. The largest absolute Gasteiger partial charge is 0.458 e. The predicted molar refractivity (Wildman–Crippen MR) is 105 cm³/mol. The fourth-order valence-corrected chi connectivity index (χ4v) is 5.29. The molecule has 2 aliphatic carbocycles. The number of fused-ring (bicyclic) bond motifs is 1. The zero-order valence-electron chi connectivity index (χ0n) is 15.8. The third-order valence-electron chi connectivity index (χ3n) is 6.00. The smallest absolute Gasteiger partial charge is 0.430 e. The van der Waals surface area contributed by atoms with Crippen molar-refractivity contribution >= 4 is 50.6 Å². The van der Waals surface area contributed by atoms with Crippen LogP contribution in [0, 0.1) is 27.2 Å². The van der Waals surface area contributed by atoms with Crippen LogP contribution < -0.4 is 0 Å². The number of aliphatic hydroxyl groups is 1. The number of rotatable bonds is 6. The molecule has 174 valence electrons. The molecular formula is C18H15F2IO10S. The second-order valence-electron chi connectivity index (χ2n) is 7.72. The molecule has 14 heteroatoms. The van der Waals surface area contributed by atoms with E-state index in [4.69, 9.17) is 14.0 Å². The number of esters is 3. The molecule has 4 rings (SSSR count). The zero-order valence-corrected chi connectivity index (χ0v) is 18.7. The fraction of sp³-hybridized carbons (Fsp3) is 0.500. The van der Waals surface area contributed by atoms with Crippen molar-refractivity contribution in [3.63, 3.8) is 0 Å². The standard InChI is InChI=1S/C18H15F2IO10S/c19-18(20,32(26,27)28)17(25)31-16(24)11-9-5-8-10(11)15(23)30-13(8)12(9)29-14(22)6-1-3-7(21)4-2-6/h1-4,8-13,17,25H,5H2,(H,26,27,28). The van der Waals surface area contributed by atoms with Crippen molar-refractivity contribution < 1.29 is 55.5 Å². The van der Waals surface area contributed by atoms with E-state index in [0.717, 1.165) is 3.57 Å². The third-order valence-corrected chi connectivity index (χ3v) is 7.61. The van der Waals surface area contributed by atoms with Crippen LogP contribution in [0.15, 0.2) is 24.3 Å². The second-order valence-corrected chi connectivity index (χ2v) is 10.5. The molecule has 1 aliphatic heterocycles. The number of benzene rings is 1. The molecule has 3 aliphatic rings. The number of hydrogen-bond acceptors (Lipinski definition) is 9. The van der Waals surface area contributed by atoms with Gasteiger partial charge in [-0.1, -0.05) is 0 Å². The van der Waals surface area contributed by atoms with Gasteiger partial charge in [-0.05, 0) is 53.3 Å². The quantitative estimate of drug-likeness (QED) is 0.162. The summed E-state index contributed by atoms with van der Waals surface area (Å²) in [6.45, 7) is 0. The van der Waals surface area contributed by atoms with Crippen molar-refractivity contribution in [3.8, 4) is 0 Å². The summed E-state index contributed by atoms with van der Waals surface area (Å²) < 4.78 is 73.0. The second kappa shape index (κ2) is 7.85. The van der Waals surface area contributed by atoms with Gasteiger partial charge in [0.1, 0.15) is 12.2 Å². The van der Waals surface area contributed by atoms with Crippen LogP contribution in [-0.2, 0) is 33.9 Å². The minimum atomic E-state index is -6.09. The number of hydrogen-bond donors (Lipinski definition) is 2. The van der Waals surface area contributed by atoms with Gasteiger partial charge in [0.2, 0.25) is 0 Å². The minimum Gasteiger partial charge on any atom is -0.458 e. The Morgan fingerprint density at radius 1 is 1.22 bits per heavy atom. The first-order valence-electron chi connectivity index (χ1n) is 9.23. The summed E-state index contributed by atoms with van der Waals surface area (Å²) in [7, 11) is -6.09. The number of carbonyl (C=O) groups excluding carboxylic acids is 3. The van der Waals surface area contributed by atoms with Crippen LogP contribution in [0.1, 0.15) is 16.8 Å². The van der Waals surface area contributed by atoms with Gasteiger partial charge in [-0.15, -0.1) is 0 Å². The third kappa shape index (κ3) is 3.66. The highest BCUT2D eigenvalue weighted by Crippen LogP contribution is 2.59. The molecule has 0 spiro atoms. The summed E-state index contributed by atoms with van der Waals surface area (Å²) in [4.78, 5) is 37.3. The van der Waals surface area contributed by atoms with Gasteiger partial charge in [-0.25, -0.2) is 4.79 Å². The Bertz CT molecular complexity index is 1080. The molecule has 2 N–H and O–H groups in total. The molecule has 3 fully saturated rings. The Morgan fingerprint density at radius 2 is 1.84 bits per heavy atom. The summed E-state index contributed by atoms with van der Waals surface area (Å²) in [6, 6.07) is 6.36. The molecule has 32 heavy (non-hydrogen) atoms. The van der Waals surface area contributed by atoms with Gasteiger partial charge in [-0.2, -0.15) is 17.2 Å². The lowest BCUT2D eigenvalue weighted by Gasteiger charge is -2.31. The van der Waals surface area contributed by atoms with E-state index in [-0.39, 0.29) is 12.0 Å². The van der Waals surface area contributed by atoms with Crippen molar-refractivity contribution in [1.29, 1.82) is 0 Å². The van der Waals surface area contributed by atoms with E-state index in [1.807, 2.05) is 22.6 Å². The molecule has 1 aromatic rings. The topological polar surface area (TPSA) is 154 Å².